The number of hydrogen-bond donors (Lipinski definition) is 1. The Bertz CT molecular complexity index is 673. The molecule has 0 spiro atoms. The number of carbonyl (C=O) groups excluding carboxylic acids is 1. The van der Waals surface area contributed by atoms with Gasteiger partial charge < -0.3 is 5.32 Å². The third-order valence-electron chi connectivity index (χ3n) is 2.30. The van der Waals surface area contributed by atoms with Crippen molar-refractivity contribution in [2.45, 2.75) is 0 Å². The van der Waals surface area contributed by atoms with Gasteiger partial charge in [0.15, 0.2) is 11.6 Å². The quantitative estimate of drug-likeness (QED) is 0.812. The van der Waals surface area contributed by atoms with Gasteiger partial charge in [-0.05, 0) is 22.0 Å². The van der Waals surface area contributed by atoms with Crippen LogP contribution in [0.2, 0.25) is 5.15 Å². The fraction of sp³-hybridized carbons (Fsp3) is 0. The summed E-state index contributed by atoms with van der Waals surface area (Å²) in [5.41, 5.74) is -0.836. The molecule has 1 aromatic heterocycles. The highest BCUT2D eigenvalue weighted by atomic mass is 79.9. The number of pyridine rings is 1. The lowest BCUT2D eigenvalue weighted by Gasteiger charge is -2.08. The molecule has 0 fully saturated rings. The number of aromatic nitrogens is 1. The van der Waals surface area contributed by atoms with Crippen LogP contribution in [0.3, 0.4) is 0 Å². The molecule has 2 rings (SSSR count). The van der Waals surface area contributed by atoms with E-state index in [0.717, 1.165) is 0 Å². The molecule has 1 heterocycles. The van der Waals surface area contributed by atoms with Crippen LogP contribution < -0.4 is 5.32 Å². The van der Waals surface area contributed by atoms with Crippen LogP contribution in [-0.4, -0.2) is 10.9 Å². The highest BCUT2D eigenvalue weighted by Crippen LogP contribution is 2.23. The van der Waals surface area contributed by atoms with E-state index in [9.17, 15) is 18.0 Å². The van der Waals surface area contributed by atoms with Gasteiger partial charge in [0, 0.05) is 22.8 Å². The first-order valence-electron chi connectivity index (χ1n) is 5.15. The number of anilines is 1. The molecule has 0 bridgehead atoms. The number of rotatable bonds is 2. The maximum Gasteiger partial charge on any atom is 0.258 e. The van der Waals surface area contributed by atoms with Gasteiger partial charge in [0.1, 0.15) is 16.7 Å². The smallest absolute Gasteiger partial charge is 0.258 e. The van der Waals surface area contributed by atoms with Gasteiger partial charge in [0.25, 0.3) is 5.91 Å². The lowest BCUT2D eigenvalue weighted by molar-refractivity contribution is 0.102. The number of halogens is 5. The SMILES string of the molecule is O=C(Nc1c(F)cc(F)cc1F)c1cc(Br)cnc1Cl. The van der Waals surface area contributed by atoms with E-state index in [1.54, 1.807) is 0 Å². The van der Waals surface area contributed by atoms with E-state index in [1.165, 1.54) is 12.3 Å². The first-order valence-corrected chi connectivity index (χ1v) is 6.32. The van der Waals surface area contributed by atoms with Crippen molar-refractivity contribution in [2.24, 2.45) is 0 Å². The van der Waals surface area contributed by atoms with Crippen molar-refractivity contribution in [1.82, 2.24) is 4.98 Å². The number of benzene rings is 1. The predicted octanol–water partition coefficient (Wildman–Crippen LogP) is 4.17. The van der Waals surface area contributed by atoms with Gasteiger partial charge in [-0.2, -0.15) is 0 Å². The summed E-state index contributed by atoms with van der Waals surface area (Å²) in [5, 5.41) is 1.86. The molecule has 0 aliphatic rings. The Kier molecular flexibility index (Phi) is 4.29. The van der Waals surface area contributed by atoms with Crippen LogP contribution in [0.25, 0.3) is 0 Å². The fourth-order valence-electron chi connectivity index (χ4n) is 1.42. The molecule has 0 radical (unpaired) electrons. The van der Waals surface area contributed by atoms with Crippen LogP contribution in [0.1, 0.15) is 10.4 Å². The van der Waals surface area contributed by atoms with Gasteiger partial charge >= 0.3 is 0 Å². The van der Waals surface area contributed by atoms with Crippen LogP contribution in [0, 0.1) is 17.5 Å². The predicted molar refractivity (Wildman–Crippen MR) is 71.2 cm³/mol. The third-order valence-corrected chi connectivity index (χ3v) is 3.03. The Morgan fingerprint density at radius 2 is 1.80 bits per heavy atom. The Balaban J connectivity index is 2.35. The summed E-state index contributed by atoms with van der Waals surface area (Å²) < 4.78 is 40.0. The number of nitrogens with one attached hydrogen (secondary N) is 1. The Morgan fingerprint density at radius 1 is 1.20 bits per heavy atom. The number of hydrogen-bond acceptors (Lipinski definition) is 2. The van der Waals surface area contributed by atoms with Gasteiger partial charge in [-0.1, -0.05) is 11.6 Å². The van der Waals surface area contributed by atoms with Gasteiger partial charge in [0.2, 0.25) is 0 Å². The van der Waals surface area contributed by atoms with Gasteiger partial charge in [0.05, 0.1) is 5.56 Å². The van der Waals surface area contributed by atoms with Crippen molar-refractivity contribution in [3.05, 3.63) is 57.0 Å². The zero-order valence-corrected chi connectivity index (χ0v) is 11.9. The van der Waals surface area contributed by atoms with Crippen LogP contribution in [0.15, 0.2) is 28.9 Å². The van der Waals surface area contributed by atoms with Crippen molar-refractivity contribution >= 4 is 39.1 Å². The summed E-state index contributed by atoms with van der Waals surface area (Å²) in [4.78, 5) is 15.6. The molecule has 0 saturated heterocycles. The van der Waals surface area contributed by atoms with Gasteiger partial charge in [-0.3, -0.25) is 4.79 Å². The highest BCUT2D eigenvalue weighted by molar-refractivity contribution is 9.10. The zero-order chi connectivity index (χ0) is 14.9. The summed E-state index contributed by atoms with van der Waals surface area (Å²) in [5.74, 6) is -4.40. The molecular weight excluding hydrogens is 360 g/mol. The molecule has 1 amide bonds. The average molecular weight is 366 g/mol. The monoisotopic (exact) mass is 364 g/mol. The molecular formula is C12H5BrClF3N2O. The average Bonchev–Trinajstić information content (AvgIpc) is 2.36. The van der Waals surface area contributed by atoms with Gasteiger partial charge in [-0.25, -0.2) is 18.2 Å². The molecule has 2 aromatic rings. The highest BCUT2D eigenvalue weighted by Gasteiger charge is 2.18. The van der Waals surface area contributed by atoms with Crippen molar-refractivity contribution in [3.63, 3.8) is 0 Å². The lowest BCUT2D eigenvalue weighted by Crippen LogP contribution is -2.15. The fourth-order valence-corrected chi connectivity index (χ4v) is 1.94. The van der Waals surface area contributed by atoms with Crippen molar-refractivity contribution < 1.29 is 18.0 Å². The van der Waals surface area contributed by atoms with Crippen LogP contribution in [0.5, 0.6) is 0 Å². The largest absolute Gasteiger partial charge is 0.317 e. The molecule has 0 aliphatic carbocycles. The summed E-state index contributed by atoms with van der Waals surface area (Å²) in [7, 11) is 0. The molecule has 1 aromatic carbocycles. The van der Waals surface area contributed by atoms with Gasteiger partial charge in [-0.15, -0.1) is 0 Å². The lowest BCUT2D eigenvalue weighted by atomic mass is 10.2. The van der Waals surface area contributed by atoms with E-state index in [0.29, 0.717) is 16.6 Å². The minimum Gasteiger partial charge on any atom is -0.317 e. The van der Waals surface area contributed by atoms with Crippen molar-refractivity contribution in [1.29, 1.82) is 0 Å². The Morgan fingerprint density at radius 3 is 2.40 bits per heavy atom. The minimum absolute atomic E-state index is 0.0795. The van der Waals surface area contributed by atoms with E-state index in [-0.39, 0.29) is 10.7 Å². The van der Waals surface area contributed by atoms with E-state index in [4.69, 9.17) is 11.6 Å². The zero-order valence-electron chi connectivity index (χ0n) is 9.55. The Labute approximate surface area is 124 Å². The second-order valence-corrected chi connectivity index (χ2v) is 4.96. The summed E-state index contributed by atoms with van der Waals surface area (Å²) in [6.07, 6.45) is 1.36. The normalized spacial score (nSPS) is 10.4. The van der Waals surface area contributed by atoms with Crippen LogP contribution in [0.4, 0.5) is 18.9 Å². The van der Waals surface area contributed by atoms with E-state index < -0.39 is 29.0 Å². The summed E-state index contributed by atoms with van der Waals surface area (Å²) >= 11 is 8.81. The second kappa shape index (κ2) is 5.80. The molecule has 104 valence electrons. The second-order valence-electron chi connectivity index (χ2n) is 3.69. The molecule has 0 unspecified atom stereocenters. The van der Waals surface area contributed by atoms with E-state index in [1.807, 2.05) is 5.32 Å². The maximum absolute atomic E-state index is 13.4. The molecule has 3 nitrogen and oxygen atoms in total. The molecule has 8 heteroatoms. The third kappa shape index (κ3) is 3.10. The number of nitrogens with zero attached hydrogens (tertiary/aromatic N) is 1. The van der Waals surface area contributed by atoms with E-state index in [2.05, 4.69) is 20.9 Å². The van der Waals surface area contributed by atoms with E-state index >= 15 is 0 Å². The molecule has 0 aliphatic heterocycles. The number of amides is 1. The summed E-state index contributed by atoms with van der Waals surface area (Å²) in [6, 6.07) is 2.25. The number of carbonyl (C=O) groups is 1. The standard InChI is InChI=1S/C12H5BrClF3N2O/c13-5-1-7(11(14)18-4-5)12(20)19-10-8(16)2-6(15)3-9(10)17/h1-4H,(H,19,20). The van der Waals surface area contributed by atoms with Crippen LogP contribution >= 0.6 is 27.5 Å². The topological polar surface area (TPSA) is 42.0 Å². The minimum atomic E-state index is -1.23. The molecule has 0 atom stereocenters. The first-order chi connectivity index (χ1) is 9.38. The first kappa shape index (κ1) is 14.8. The Hall–Kier alpha value is -1.60. The maximum atomic E-state index is 13.4. The molecule has 0 saturated carbocycles. The van der Waals surface area contributed by atoms with Crippen molar-refractivity contribution in [3.8, 4) is 0 Å². The molecule has 20 heavy (non-hydrogen) atoms. The van der Waals surface area contributed by atoms with Crippen LogP contribution in [-0.2, 0) is 0 Å². The molecule has 1 N–H and O–H groups in total. The summed E-state index contributed by atoms with van der Waals surface area (Å²) in [6.45, 7) is 0. The van der Waals surface area contributed by atoms with Crippen molar-refractivity contribution in [2.75, 3.05) is 5.32 Å².